The van der Waals surface area contributed by atoms with Gasteiger partial charge in [-0.1, -0.05) is 17.7 Å². The lowest BCUT2D eigenvalue weighted by molar-refractivity contribution is -0.385. The fraction of sp³-hybridized carbons (Fsp3) is 0.250. The number of ether oxygens (including phenoxy) is 1. The Morgan fingerprint density at radius 2 is 1.95 bits per heavy atom. The van der Waals surface area contributed by atoms with Crippen molar-refractivity contribution in [1.29, 1.82) is 0 Å². The number of nitrogens with zero attached hydrogens (tertiary/aromatic N) is 1. The Labute approximate surface area is 123 Å². The number of hydrogen-bond donors (Lipinski definition) is 1. The second kappa shape index (κ2) is 6.26. The molecule has 0 atom stereocenters. The van der Waals surface area contributed by atoms with Crippen LogP contribution in [0.2, 0.25) is 0 Å². The molecule has 21 heavy (non-hydrogen) atoms. The zero-order valence-corrected chi connectivity index (χ0v) is 12.3. The minimum atomic E-state index is -0.414. The van der Waals surface area contributed by atoms with E-state index in [2.05, 4.69) is 11.4 Å². The van der Waals surface area contributed by atoms with E-state index in [0.29, 0.717) is 12.3 Å². The number of methoxy groups -OCH3 is 1. The number of anilines is 1. The molecule has 2 aromatic carbocycles. The number of non-ortho nitro benzene ring substituents is 1. The smallest absolute Gasteiger partial charge is 0.273 e. The summed E-state index contributed by atoms with van der Waals surface area (Å²) in [7, 11) is 1.50. The van der Waals surface area contributed by atoms with Crippen LogP contribution in [0, 0.1) is 24.0 Å². The highest BCUT2D eigenvalue weighted by Gasteiger charge is 2.10. The summed E-state index contributed by atoms with van der Waals surface area (Å²) in [5.41, 5.74) is 4.21. The number of nitro benzene ring substituents is 1. The summed E-state index contributed by atoms with van der Waals surface area (Å²) in [6.07, 6.45) is 0. The summed E-state index contributed by atoms with van der Waals surface area (Å²) >= 11 is 0. The third kappa shape index (κ3) is 3.72. The van der Waals surface area contributed by atoms with Crippen LogP contribution in [-0.2, 0) is 6.54 Å². The van der Waals surface area contributed by atoms with Gasteiger partial charge in [-0.15, -0.1) is 0 Å². The molecule has 0 amide bonds. The first kappa shape index (κ1) is 14.8. The van der Waals surface area contributed by atoms with Crippen LogP contribution in [0.4, 0.5) is 11.4 Å². The lowest BCUT2D eigenvalue weighted by atomic mass is 10.1. The van der Waals surface area contributed by atoms with Crippen molar-refractivity contribution in [2.45, 2.75) is 20.4 Å². The van der Waals surface area contributed by atoms with Crippen molar-refractivity contribution >= 4 is 11.4 Å². The molecule has 5 nitrogen and oxygen atoms in total. The van der Waals surface area contributed by atoms with Crippen molar-refractivity contribution in [3.05, 3.63) is 63.2 Å². The van der Waals surface area contributed by atoms with Gasteiger partial charge in [0.2, 0.25) is 0 Å². The minimum absolute atomic E-state index is 0.0341. The molecule has 0 bridgehead atoms. The van der Waals surface area contributed by atoms with Crippen molar-refractivity contribution < 1.29 is 9.66 Å². The summed E-state index contributed by atoms with van der Waals surface area (Å²) < 4.78 is 5.10. The van der Waals surface area contributed by atoms with Gasteiger partial charge in [-0.2, -0.15) is 0 Å². The van der Waals surface area contributed by atoms with Gasteiger partial charge in [0.1, 0.15) is 5.75 Å². The van der Waals surface area contributed by atoms with E-state index in [4.69, 9.17) is 4.74 Å². The zero-order valence-electron chi connectivity index (χ0n) is 12.3. The lowest BCUT2D eigenvalue weighted by Crippen LogP contribution is -2.02. The minimum Gasteiger partial charge on any atom is -0.496 e. The van der Waals surface area contributed by atoms with E-state index in [1.807, 2.05) is 26.0 Å². The number of benzene rings is 2. The first-order chi connectivity index (χ1) is 9.99. The third-order valence-corrected chi connectivity index (χ3v) is 3.26. The van der Waals surface area contributed by atoms with Crippen LogP contribution in [0.25, 0.3) is 0 Å². The van der Waals surface area contributed by atoms with Crippen molar-refractivity contribution in [2.75, 3.05) is 12.4 Å². The molecular weight excluding hydrogens is 268 g/mol. The molecule has 0 fully saturated rings. The van der Waals surface area contributed by atoms with Gasteiger partial charge in [0.25, 0.3) is 5.69 Å². The van der Waals surface area contributed by atoms with Gasteiger partial charge < -0.3 is 10.1 Å². The molecule has 0 aliphatic rings. The molecule has 0 spiro atoms. The van der Waals surface area contributed by atoms with Gasteiger partial charge in [0, 0.05) is 18.3 Å². The van der Waals surface area contributed by atoms with Gasteiger partial charge in [0.15, 0.2) is 0 Å². The molecule has 5 heteroatoms. The van der Waals surface area contributed by atoms with E-state index in [1.165, 1.54) is 18.7 Å². The molecule has 0 aliphatic carbocycles. The molecule has 0 saturated heterocycles. The van der Waals surface area contributed by atoms with Crippen LogP contribution in [0.15, 0.2) is 36.4 Å². The maximum absolute atomic E-state index is 10.9. The highest BCUT2D eigenvalue weighted by molar-refractivity contribution is 5.53. The molecule has 0 radical (unpaired) electrons. The van der Waals surface area contributed by atoms with Crippen LogP contribution in [0.3, 0.4) is 0 Å². The summed E-state index contributed by atoms with van der Waals surface area (Å²) in [5.74, 6) is 0.488. The Bertz CT molecular complexity index is 669. The third-order valence-electron chi connectivity index (χ3n) is 3.26. The average Bonchev–Trinajstić information content (AvgIpc) is 2.46. The van der Waals surface area contributed by atoms with Gasteiger partial charge in [-0.25, -0.2) is 0 Å². The monoisotopic (exact) mass is 286 g/mol. The largest absolute Gasteiger partial charge is 0.496 e. The Balaban J connectivity index is 2.19. The molecule has 0 aromatic heterocycles. The Hall–Kier alpha value is -2.56. The summed E-state index contributed by atoms with van der Waals surface area (Å²) in [6.45, 7) is 4.58. The lowest BCUT2D eigenvalue weighted by Gasteiger charge is -2.11. The first-order valence-corrected chi connectivity index (χ1v) is 6.63. The van der Waals surface area contributed by atoms with E-state index >= 15 is 0 Å². The summed E-state index contributed by atoms with van der Waals surface area (Å²) in [6, 6.07) is 10.9. The standard InChI is InChI=1S/C16H18N2O3/c1-11-4-5-16(12(2)6-11)17-10-13-7-14(18(19)20)9-15(8-13)21-3/h4-9,17H,10H2,1-3H3. The molecule has 1 N–H and O–H groups in total. The van der Waals surface area contributed by atoms with Crippen LogP contribution in [0.5, 0.6) is 5.75 Å². The molecule has 0 aliphatic heterocycles. The van der Waals surface area contributed by atoms with E-state index in [9.17, 15) is 10.1 Å². The SMILES string of the molecule is COc1cc(CNc2ccc(C)cc2C)cc([N+](=O)[O-])c1. The maximum atomic E-state index is 10.9. The number of rotatable bonds is 5. The highest BCUT2D eigenvalue weighted by Crippen LogP contribution is 2.24. The van der Waals surface area contributed by atoms with Gasteiger partial charge in [0.05, 0.1) is 18.1 Å². The number of aryl methyl sites for hydroxylation is 2. The van der Waals surface area contributed by atoms with Crippen molar-refractivity contribution in [3.63, 3.8) is 0 Å². The second-order valence-electron chi connectivity index (χ2n) is 4.97. The predicted octanol–water partition coefficient (Wildman–Crippen LogP) is 3.83. The highest BCUT2D eigenvalue weighted by atomic mass is 16.6. The molecule has 2 rings (SSSR count). The fourth-order valence-corrected chi connectivity index (χ4v) is 2.18. The quantitative estimate of drug-likeness (QED) is 0.670. The normalized spacial score (nSPS) is 10.2. The fourth-order valence-electron chi connectivity index (χ4n) is 2.18. The molecule has 0 heterocycles. The number of hydrogen-bond acceptors (Lipinski definition) is 4. The Morgan fingerprint density at radius 3 is 2.57 bits per heavy atom. The molecule has 0 saturated carbocycles. The predicted molar refractivity (Wildman–Crippen MR) is 82.9 cm³/mol. The van der Waals surface area contributed by atoms with E-state index < -0.39 is 4.92 Å². The van der Waals surface area contributed by atoms with Crippen molar-refractivity contribution in [1.82, 2.24) is 0 Å². The van der Waals surface area contributed by atoms with Gasteiger partial charge >= 0.3 is 0 Å². The Morgan fingerprint density at radius 1 is 1.19 bits per heavy atom. The van der Waals surface area contributed by atoms with Crippen LogP contribution < -0.4 is 10.1 Å². The first-order valence-electron chi connectivity index (χ1n) is 6.63. The molecular formula is C16H18N2O3. The second-order valence-corrected chi connectivity index (χ2v) is 4.97. The average molecular weight is 286 g/mol. The van der Waals surface area contributed by atoms with Gasteiger partial charge in [-0.05, 0) is 37.1 Å². The summed E-state index contributed by atoms with van der Waals surface area (Å²) in [4.78, 5) is 10.5. The van der Waals surface area contributed by atoms with Crippen LogP contribution in [-0.4, -0.2) is 12.0 Å². The van der Waals surface area contributed by atoms with E-state index in [-0.39, 0.29) is 5.69 Å². The van der Waals surface area contributed by atoms with Gasteiger partial charge in [-0.3, -0.25) is 10.1 Å². The molecule has 110 valence electrons. The van der Waals surface area contributed by atoms with Crippen molar-refractivity contribution in [2.24, 2.45) is 0 Å². The molecule has 2 aromatic rings. The molecule has 0 unspecified atom stereocenters. The summed E-state index contributed by atoms with van der Waals surface area (Å²) in [5, 5.41) is 14.2. The van der Waals surface area contributed by atoms with Crippen molar-refractivity contribution in [3.8, 4) is 5.75 Å². The zero-order chi connectivity index (χ0) is 15.4. The Kier molecular flexibility index (Phi) is 4.42. The number of nitro groups is 1. The van der Waals surface area contributed by atoms with E-state index in [0.717, 1.165) is 16.8 Å². The van der Waals surface area contributed by atoms with E-state index in [1.54, 1.807) is 12.1 Å². The van der Waals surface area contributed by atoms with Crippen LogP contribution in [0.1, 0.15) is 16.7 Å². The maximum Gasteiger partial charge on any atom is 0.273 e. The topological polar surface area (TPSA) is 64.4 Å². The number of nitrogens with one attached hydrogen (secondary N) is 1. The van der Waals surface area contributed by atoms with Crippen LogP contribution >= 0.6 is 0 Å².